The molecule has 0 saturated heterocycles. The Labute approximate surface area is 98.9 Å². The van der Waals surface area contributed by atoms with Gasteiger partial charge in [-0.25, -0.2) is 4.39 Å². The van der Waals surface area contributed by atoms with E-state index in [0.717, 1.165) is 5.76 Å². The van der Waals surface area contributed by atoms with Crippen LogP contribution in [0.3, 0.4) is 0 Å². The van der Waals surface area contributed by atoms with Crippen LogP contribution in [0.25, 0.3) is 0 Å². The van der Waals surface area contributed by atoms with Crippen LogP contribution < -0.4 is 5.32 Å². The van der Waals surface area contributed by atoms with E-state index in [4.69, 9.17) is 4.42 Å². The van der Waals surface area contributed by atoms with Crippen molar-refractivity contribution < 1.29 is 13.9 Å². The number of aliphatic hydroxyl groups is 1. The third kappa shape index (κ3) is 3.15. The molecule has 17 heavy (non-hydrogen) atoms. The molecule has 0 fully saturated rings. The van der Waals surface area contributed by atoms with Crippen LogP contribution in [0.2, 0.25) is 0 Å². The number of hydrogen-bond donors (Lipinski definition) is 2. The summed E-state index contributed by atoms with van der Waals surface area (Å²) in [5, 5.41) is 12.8. The van der Waals surface area contributed by atoms with E-state index in [0.29, 0.717) is 12.1 Å². The molecule has 1 atom stereocenters. The highest BCUT2D eigenvalue weighted by molar-refractivity contribution is 5.20. The summed E-state index contributed by atoms with van der Waals surface area (Å²) in [5.74, 6) is 0.394. The normalized spacial score (nSPS) is 12.6. The maximum atomic E-state index is 13.3. The summed E-state index contributed by atoms with van der Waals surface area (Å²) in [4.78, 5) is 0. The smallest absolute Gasteiger partial charge is 0.129 e. The largest absolute Gasteiger partial charge is 0.468 e. The molecule has 0 amide bonds. The highest BCUT2D eigenvalue weighted by Crippen LogP contribution is 2.15. The summed E-state index contributed by atoms with van der Waals surface area (Å²) in [5.41, 5.74) is 0.305. The Morgan fingerprint density at radius 1 is 1.24 bits per heavy atom. The minimum Gasteiger partial charge on any atom is -0.468 e. The Hall–Kier alpha value is -1.65. The van der Waals surface area contributed by atoms with Gasteiger partial charge in [0.1, 0.15) is 11.6 Å². The molecule has 0 saturated carbocycles. The maximum absolute atomic E-state index is 13.3. The molecule has 90 valence electrons. The van der Waals surface area contributed by atoms with Crippen LogP contribution in [0.15, 0.2) is 47.1 Å². The molecular weight excluding hydrogens is 221 g/mol. The minimum atomic E-state index is -0.855. The molecule has 2 N–H and O–H groups in total. The average molecular weight is 235 g/mol. The summed E-state index contributed by atoms with van der Waals surface area (Å²) in [7, 11) is 0. The third-order valence-electron chi connectivity index (χ3n) is 2.48. The Kier molecular flexibility index (Phi) is 3.90. The number of rotatable bonds is 5. The average Bonchev–Trinajstić information content (AvgIpc) is 2.82. The predicted molar refractivity (Wildman–Crippen MR) is 61.8 cm³/mol. The van der Waals surface area contributed by atoms with Crippen molar-refractivity contribution in [3.63, 3.8) is 0 Å². The first kappa shape index (κ1) is 11.8. The van der Waals surface area contributed by atoms with Gasteiger partial charge in [0, 0.05) is 12.1 Å². The van der Waals surface area contributed by atoms with E-state index < -0.39 is 6.10 Å². The molecule has 1 heterocycles. The summed E-state index contributed by atoms with van der Waals surface area (Å²) in [6.45, 7) is 0.792. The van der Waals surface area contributed by atoms with Crippen molar-refractivity contribution in [2.75, 3.05) is 6.54 Å². The summed E-state index contributed by atoms with van der Waals surface area (Å²) in [6, 6.07) is 9.85. The monoisotopic (exact) mass is 235 g/mol. The van der Waals surface area contributed by atoms with Gasteiger partial charge >= 0.3 is 0 Å². The van der Waals surface area contributed by atoms with Crippen LogP contribution >= 0.6 is 0 Å². The van der Waals surface area contributed by atoms with Crippen molar-refractivity contribution in [2.45, 2.75) is 12.6 Å². The SMILES string of the molecule is OC(CNCc1ccco1)c1ccccc1F. The Morgan fingerprint density at radius 3 is 2.76 bits per heavy atom. The fourth-order valence-corrected chi connectivity index (χ4v) is 1.60. The van der Waals surface area contributed by atoms with Gasteiger partial charge in [0.05, 0.1) is 18.9 Å². The number of hydrogen-bond acceptors (Lipinski definition) is 3. The van der Waals surface area contributed by atoms with Crippen LogP contribution in [0.4, 0.5) is 4.39 Å². The molecule has 1 aromatic heterocycles. The lowest BCUT2D eigenvalue weighted by Crippen LogP contribution is -2.21. The van der Waals surface area contributed by atoms with Gasteiger partial charge in [0.25, 0.3) is 0 Å². The van der Waals surface area contributed by atoms with Gasteiger partial charge in [-0.05, 0) is 18.2 Å². The Balaban J connectivity index is 1.85. The summed E-state index contributed by atoms with van der Waals surface area (Å²) in [6.07, 6.45) is 0.732. The molecule has 2 aromatic rings. The summed E-state index contributed by atoms with van der Waals surface area (Å²) >= 11 is 0. The van der Waals surface area contributed by atoms with Gasteiger partial charge in [-0.3, -0.25) is 0 Å². The highest BCUT2D eigenvalue weighted by Gasteiger charge is 2.11. The first-order chi connectivity index (χ1) is 8.27. The first-order valence-electron chi connectivity index (χ1n) is 5.43. The predicted octanol–water partition coefficient (Wildman–Crippen LogP) is 2.24. The second kappa shape index (κ2) is 5.61. The van der Waals surface area contributed by atoms with Crippen LogP contribution in [0.5, 0.6) is 0 Å². The fraction of sp³-hybridized carbons (Fsp3) is 0.231. The van der Waals surface area contributed by atoms with Crippen LogP contribution in [-0.2, 0) is 6.54 Å². The van der Waals surface area contributed by atoms with Crippen LogP contribution in [-0.4, -0.2) is 11.7 Å². The standard InChI is InChI=1S/C13H14FNO2/c14-12-6-2-1-5-11(12)13(16)9-15-8-10-4-3-7-17-10/h1-7,13,15-16H,8-9H2. The molecule has 3 nitrogen and oxygen atoms in total. The Morgan fingerprint density at radius 2 is 2.06 bits per heavy atom. The van der Waals surface area contributed by atoms with E-state index in [9.17, 15) is 9.50 Å². The van der Waals surface area contributed by atoms with Crippen LogP contribution in [0.1, 0.15) is 17.4 Å². The first-order valence-corrected chi connectivity index (χ1v) is 5.43. The fourth-order valence-electron chi connectivity index (χ4n) is 1.60. The van der Waals surface area contributed by atoms with Crippen molar-refractivity contribution in [1.29, 1.82) is 0 Å². The quantitative estimate of drug-likeness (QED) is 0.835. The molecular formula is C13H14FNO2. The van der Waals surface area contributed by atoms with Crippen molar-refractivity contribution in [3.05, 3.63) is 59.8 Å². The van der Waals surface area contributed by atoms with Gasteiger partial charge in [0.15, 0.2) is 0 Å². The van der Waals surface area contributed by atoms with Gasteiger partial charge in [0.2, 0.25) is 0 Å². The minimum absolute atomic E-state index is 0.279. The molecule has 2 rings (SSSR count). The Bertz CT molecular complexity index is 456. The van der Waals surface area contributed by atoms with E-state index in [1.165, 1.54) is 6.07 Å². The molecule has 0 spiro atoms. The second-order valence-electron chi connectivity index (χ2n) is 3.75. The highest BCUT2D eigenvalue weighted by atomic mass is 19.1. The lowest BCUT2D eigenvalue weighted by molar-refractivity contribution is 0.169. The molecule has 0 aliphatic heterocycles. The molecule has 0 aliphatic rings. The molecule has 0 aliphatic carbocycles. The van der Waals surface area contributed by atoms with E-state index in [1.54, 1.807) is 30.5 Å². The van der Waals surface area contributed by atoms with Crippen molar-refractivity contribution in [3.8, 4) is 0 Å². The second-order valence-corrected chi connectivity index (χ2v) is 3.75. The van der Waals surface area contributed by atoms with E-state index >= 15 is 0 Å². The molecule has 4 heteroatoms. The van der Waals surface area contributed by atoms with Crippen molar-refractivity contribution in [1.82, 2.24) is 5.32 Å². The summed E-state index contributed by atoms with van der Waals surface area (Å²) < 4.78 is 18.5. The number of furan rings is 1. The zero-order chi connectivity index (χ0) is 12.1. The lowest BCUT2D eigenvalue weighted by atomic mass is 10.1. The van der Waals surface area contributed by atoms with E-state index in [1.807, 2.05) is 6.07 Å². The zero-order valence-electron chi connectivity index (χ0n) is 9.27. The molecule has 1 aromatic carbocycles. The van der Waals surface area contributed by atoms with E-state index in [2.05, 4.69) is 5.32 Å². The van der Waals surface area contributed by atoms with Gasteiger partial charge in [-0.15, -0.1) is 0 Å². The molecule has 0 radical (unpaired) electrons. The van der Waals surface area contributed by atoms with Gasteiger partial charge in [-0.2, -0.15) is 0 Å². The number of halogens is 1. The van der Waals surface area contributed by atoms with E-state index in [-0.39, 0.29) is 12.4 Å². The van der Waals surface area contributed by atoms with Crippen molar-refractivity contribution >= 4 is 0 Å². The number of benzene rings is 1. The molecule has 1 unspecified atom stereocenters. The van der Waals surface area contributed by atoms with Crippen LogP contribution in [0, 0.1) is 5.82 Å². The lowest BCUT2D eigenvalue weighted by Gasteiger charge is -2.12. The molecule has 0 bridgehead atoms. The third-order valence-corrected chi connectivity index (χ3v) is 2.48. The number of nitrogens with one attached hydrogen (secondary N) is 1. The maximum Gasteiger partial charge on any atom is 0.129 e. The van der Waals surface area contributed by atoms with Gasteiger partial charge < -0.3 is 14.8 Å². The number of aliphatic hydroxyl groups excluding tert-OH is 1. The van der Waals surface area contributed by atoms with Gasteiger partial charge in [-0.1, -0.05) is 18.2 Å². The van der Waals surface area contributed by atoms with Crippen molar-refractivity contribution in [2.24, 2.45) is 0 Å². The topological polar surface area (TPSA) is 45.4 Å². The zero-order valence-corrected chi connectivity index (χ0v) is 9.27.